The van der Waals surface area contributed by atoms with Crippen molar-refractivity contribution in [2.45, 2.75) is 46.5 Å². The first-order valence-electron chi connectivity index (χ1n) is 30.1. The number of anilines is 4. The zero-order valence-electron chi connectivity index (χ0n) is 53.4. The Morgan fingerprint density at radius 1 is 0.567 bits per heavy atom. The maximum atomic E-state index is 8.80. The molecule has 0 atom stereocenters. The zero-order chi connectivity index (χ0) is 60.1. The Morgan fingerprint density at radius 3 is 2.09 bits per heavy atom. The predicted octanol–water partition coefficient (Wildman–Crippen LogP) is 16.2. The first-order valence-corrected chi connectivity index (χ1v) is 21.1. The summed E-state index contributed by atoms with van der Waals surface area (Å²) >= 11 is 0. The van der Waals surface area contributed by atoms with Gasteiger partial charge in [0.1, 0.15) is 5.82 Å². The SMILES string of the molecule is [2H]C([2H])([2H])c1ccnc(-n2c3[c-]c(Oc4[c-]c(N5[CH-]N(c6c(-c7ccc(C(C([2H])([2H])[2H])(C([2H])([2H])[2H])C([2H])([2H])[2H])cc7)cccc6-c6ccc(-c7ccccc7C([2H])([2H])[2H])c(C([2H])([2H])[2H])c6)c6ccccc65)ccc4)ccc3c3ccccc32)c1.[Pt]. The van der Waals surface area contributed by atoms with Gasteiger partial charge in [0, 0.05) is 97.1 Å². The molecule has 10 aromatic rings. The number of benzene rings is 8. The molecule has 0 radical (unpaired) electrons. The number of nitrogens with zero attached hydrogens (tertiary/aromatic N) is 4. The van der Waals surface area contributed by atoms with E-state index in [1.165, 1.54) is 54.7 Å². The van der Waals surface area contributed by atoms with Gasteiger partial charge in [0.25, 0.3) is 0 Å². The van der Waals surface area contributed by atoms with Crippen LogP contribution in [0, 0.1) is 39.4 Å². The number of pyridine rings is 1. The van der Waals surface area contributed by atoms with E-state index in [1.54, 1.807) is 66.7 Å². The molecule has 0 saturated heterocycles. The third-order valence-corrected chi connectivity index (χ3v) is 11.8. The van der Waals surface area contributed by atoms with Crippen molar-refractivity contribution in [3.05, 3.63) is 223 Å². The first-order chi connectivity index (χ1) is 39.5. The second-order valence-corrected chi connectivity index (χ2v) is 16.0. The van der Waals surface area contributed by atoms with Crippen molar-refractivity contribution >= 4 is 44.6 Å². The number of hydrogen-bond donors (Lipinski definition) is 0. The second-order valence-electron chi connectivity index (χ2n) is 16.0. The minimum Gasteiger partial charge on any atom is -0.509 e. The van der Waals surface area contributed by atoms with Gasteiger partial charge in [-0.25, -0.2) is 4.98 Å². The Balaban J connectivity index is 0.00000803. The molecular formula is C61H49N4OPt-3. The Kier molecular flexibility index (Phi) is 7.19. The van der Waals surface area contributed by atoms with Crippen molar-refractivity contribution in [3.8, 4) is 50.7 Å². The van der Waals surface area contributed by atoms with E-state index in [0.29, 0.717) is 67.8 Å². The molecule has 0 N–H and O–H groups in total. The maximum absolute atomic E-state index is 8.80. The molecule has 3 heterocycles. The van der Waals surface area contributed by atoms with Crippen LogP contribution in [0.15, 0.2) is 182 Å². The van der Waals surface area contributed by atoms with E-state index >= 15 is 0 Å². The zero-order valence-corrected chi connectivity index (χ0v) is 37.7. The molecular weight excluding hydrogens is 1000 g/mol. The molecule has 0 aliphatic carbocycles. The summed E-state index contributed by atoms with van der Waals surface area (Å²) in [4.78, 5) is 8.33. The number of fused-ring (bicyclic) bond motifs is 4. The van der Waals surface area contributed by atoms with Crippen LogP contribution in [0.3, 0.4) is 0 Å². The van der Waals surface area contributed by atoms with Crippen molar-refractivity contribution in [1.82, 2.24) is 9.55 Å². The minimum absolute atomic E-state index is 0. The van der Waals surface area contributed by atoms with Crippen LogP contribution in [0.25, 0.3) is 61.0 Å². The van der Waals surface area contributed by atoms with Crippen LogP contribution in [0.2, 0.25) is 0 Å². The predicted molar refractivity (Wildman–Crippen MR) is 273 cm³/mol. The summed E-state index contributed by atoms with van der Waals surface area (Å²) in [5.41, 5.74) is 2.12. The fourth-order valence-corrected chi connectivity index (χ4v) is 8.78. The molecule has 2 aromatic heterocycles. The average molecular weight is 1070 g/mol. The van der Waals surface area contributed by atoms with E-state index in [1.807, 2.05) is 81.7 Å². The van der Waals surface area contributed by atoms with Gasteiger partial charge in [0.2, 0.25) is 0 Å². The fraction of sp³-hybridized carbons (Fsp3) is 0.115. The quantitative estimate of drug-likeness (QED) is 0.142. The molecule has 6 heteroatoms. The van der Waals surface area contributed by atoms with Crippen LogP contribution in [-0.4, -0.2) is 9.55 Å². The molecule has 0 spiro atoms. The van der Waals surface area contributed by atoms with Gasteiger partial charge >= 0.3 is 0 Å². The number of hydrogen-bond acceptors (Lipinski definition) is 4. The topological polar surface area (TPSA) is 33.5 Å². The van der Waals surface area contributed by atoms with Crippen molar-refractivity contribution in [2.24, 2.45) is 0 Å². The average Bonchev–Trinajstić information content (AvgIpc) is 1.69. The summed E-state index contributed by atoms with van der Waals surface area (Å²) in [7, 11) is 0. The summed E-state index contributed by atoms with van der Waals surface area (Å²) in [6.07, 6.45) is 1.46. The van der Waals surface area contributed by atoms with Gasteiger partial charge in [-0.05, 0) is 106 Å². The van der Waals surface area contributed by atoms with Gasteiger partial charge in [-0.15, -0.1) is 48.1 Å². The van der Waals surface area contributed by atoms with Crippen LogP contribution in [0.5, 0.6) is 11.5 Å². The monoisotopic (exact) mass is 1070 g/mol. The molecule has 0 amide bonds. The van der Waals surface area contributed by atoms with E-state index in [0.717, 1.165) is 16.3 Å². The Morgan fingerprint density at radius 2 is 1.27 bits per heavy atom. The first kappa shape index (κ1) is 27.4. The van der Waals surface area contributed by atoms with Gasteiger partial charge in [0.15, 0.2) is 0 Å². The van der Waals surface area contributed by atoms with Crippen LogP contribution >= 0.6 is 0 Å². The van der Waals surface area contributed by atoms with Crippen LogP contribution in [0.4, 0.5) is 22.7 Å². The van der Waals surface area contributed by atoms with Gasteiger partial charge in [0.05, 0.1) is 0 Å². The van der Waals surface area contributed by atoms with Gasteiger partial charge in [-0.2, -0.15) is 12.1 Å². The fourth-order valence-electron chi connectivity index (χ4n) is 8.78. The minimum atomic E-state index is -3.51. The molecule has 0 bridgehead atoms. The number of aromatic nitrogens is 2. The van der Waals surface area contributed by atoms with E-state index in [-0.39, 0.29) is 48.9 Å². The standard InChI is InChI=1S/C61H49N4O.Pt/c1-40-33-34-62-59(35-40)65-55-22-10-9-19-53(55)54-32-30-48(38-58(54)65)66-47-17-13-16-46(37-47)63-39-64(57-24-12-11-23-56(57)63)60-51(43-25-28-45(29-26-43)61(4,5)6)20-14-21-52(60)44-27-31-50(42(3)36-44)49-18-8-7-15-41(49)2;/h7-36,39H,1-6H3;/q-3;/i1D3,2D3,3D3,4D3,5D3,6D3;. The summed E-state index contributed by atoms with van der Waals surface area (Å²) in [5, 5.41) is 1.72. The molecule has 1 aliphatic rings. The van der Waals surface area contributed by atoms with Crippen LogP contribution < -0.4 is 14.5 Å². The molecule has 8 aromatic carbocycles. The van der Waals surface area contributed by atoms with E-state index < -0.39 is 52.1 Å². The molecule has 11 rings (SSSR count). The van der Waals surface area contributed by atoms with E-state index in [2.05, 4.69) is 17.1 Å². The van der Waals surface area contributed by atoms with Crippen LogP contribution in [-0.2, 0) is 26.5 Å². The third kappa shape index (κ3) is 8.02. The largest absolute Gasteiger partial charge is 0.509 e. The van der Waals surface area contributed by atoms with Gasteiger partial charge in [-0.1, -0.05) is 141 Å². The van der Waals surface area contributed by atoms with Crippen LogP contribution in [0.1, 0.15) is 67.5 Å². The van der Waals surface area contributed by atoms with Crippen molar-refractivity contribution in [1.29, 1.82) is 0 Å². The summed E-state index contributed by atoms with van der Waals surface area (Å²) in [6.45, 7) is -16.4. The molecule has 0 fully saturated rings. The Hall–Kier alpha value is -7.20. The molecule has 332 valence electrons. The molecule has 5 nitrogen and oxygen atoms in total. The molecule has 0 unspecified atom stereocenters. The van der Waals surface area contributed by atoms with Crippen molar-refractivity contribution in [3.63, 3.8) is 0 Å². The Bertz CT molecular complexity index is 4130. The summed E-state index contributed by atoms with van der Waals surface area (Å²) in [5.74, 6) is 1.01. The Labute approximate surface area is 433 Å². The smallest absolute Gasteiger partial charge is 0.135 e. The van der Waals surface area contributed by atoms with E-state index in [4.69, 9.17) is 29.4 Å². The number of para-hydroxylation sites is 4. The third-order valence-electron chi connectivity index (χ3n) is 11.8. The maximum Gasteiger partial charge on any atom is 0.135 e. The van der Waals surface area contributed by atoms with Crippen molar-refractivity contribution in [2.75, 3.05) is 9.80 Å². The second kappa shape index (κ2) is 17.5. The molecule has 0 saturated carbocycles. The number of ether oxygens (including phenoxy) is 1. The van der Waals surface area contributed by atoms with Gasteiger partial charge in [-0.3, -0.25) is 0 Å². The van der Waals surface area contributed by atoms with Gasteiger partial charge < -0.3 is 19.1 Å². The summed E-state index contributed by atoms with van der Waals surface area (Å²) < 4.78 is 159. The number of rotatable bonds is 8. The number of aryl methyl sites for hydroxylation is 3. The normalized spacial score (nSPS) is 17.5. The molecule has 67 heavy (non-hydrogen) atoms. The van der Waals surface area contributed by atoms with E-state index in [9.17, 15) is 0 Å². The molecule has 1 aliphatic heterocycles. The van der Waals surface area contributed by atoms with Crippen molar-refractivity contribution < 1.29 is 50.5 Å². The summed E-state index contributed by atoms with van der Waals surface area (Å²) in [6, 6.07) is 55.7.